The molecule has 2 aromatic rings. The van der Waals surface area contributed by atoms with Crippen LogP contribution < -0.4 is 5.73 Å². The van der Waals surface area contributed by atoms with E-state index in [4.69, 9.17) is 5.73 Å². The number of fused-ring (bicyclic) bond motifs is 1. The van der Waals surface area contributed by atoms with Crippen LogP contribution in [0.5, 0.6) is 0 Å². The third-order valence-corrected chi connectivity index (χ3v) is 5.22. The fourth-order valence-electron chi connectivity index (χ4n) is 3.65. The lowest BCUT2D eigenvalue weighted by atomic mass is 10.0. The van der Waals surface area contributed by atoms with Crippen molar-refractivity contribution < 1.29 is 14.4 Å². The van der Waals surface area contributed by atoms with Gasteiger partial charge in [-0.1, -0.05) is 24.3 Å². The number of piperidine rings is 1. The first-order chi connectivity index (χ1) is 13.0. The molecule has 0 aliphatic carbocycles. The van der Waals surface area contributed by atoms with Crippen molar-refractivity contribution in [1.82, 2.24) is 9.80 Å². The van der Waals surface area contributed by atoms with Crippen molar-refractivity contribution in [3.05, 3.63) is 70.8 Å². The maximum atomic E-state index is 12.7. The van der Waals surface area contributed by atoms with E-state index in [-0.39, 0.29) is 30.3 Å². The predicted molar refractivity (Wildman–Crippen MR) is 100 cm³/mol. The second-order valence-electron chi connectivity index (χ2n) is 7.07. The molecule has 27 heavy (non-hydrogen) atoms. The van der Waals surface area contributed by atoms with Crippen molar-refractivity contribution in [2.75, 3.05) is 13.1 Å². The summed E-state index contributed by atoms with van der Waals surface area (Å²) in [7, 11) is 0. The molecule has 0 spiro atoms. The molecule has 0 unspecified atom stereocenters. The van der Waals surface area contributed by atoms with E-state index < -0.39 is 0 Å². The van der Waals surface area contributed by atoms with Gasteiger partial charge in [0.2, 0.25) is 0 Å². The molecule has 2 heterocycles. The lowest BCUT2D eigenvalue weighted by Crippen LogP contribution is -2.42. The molecule has 2 aliphatic rings. The summed E-state index contributed by atoms with van der Waals surface area (Å²) in [5, 5.41) is 0. The highest BCUT2D eigenvalue weighted by Gasteiger charge is 2.35. The first-order valence-corrected chi connectivity index (χ1v) is 9.13. The third-order valence-electron chi connectivity index (χ3n) is 5.22. The van der Waals surface area contributed by atoms with Crippen molar-refractivity contribution in [1.29, 1.82) is 0 Å². The van der Waals surface area contributed by atoms with E-state index >= 15 is 0 Å². The Labute approximate surface area is 157 Å². The summed E-state index contributed by atoms with van der Waals surface area (Å²) < 4.78 is 0. The summed E-state index contributed by atoms with van der Waals surface area (Å²) in [4.78, 5) is 40.8. The minimum atomic E-state index is -0.294. The van der Waals surface area contributed by atoms with Gasteiger partial charge in [0.05, 0.1) is 17.7 Å². The van der Waals surface area contributed by atoms with Gasteiger partial charge in [-0.05, 0) is 42.7 Å². The number of hydrogen-bond acceptors (Lipinski definition) is 4. The van der Waals surface area contributed by atoms with Crippen LogP contribution in [-0.2, 0) is 6.54 Å². The molecular weight excluding hydrogens is 342 g/mol. The summed E-state index contributed by atoms with van der Waals surface area (Å²) >= 11 is 0. The van der Waals surface area contributed by atoms with E-state index in [9.17, 15) is 14.4 Å². The molecule has 2 aliphatic heterocycles. The van der Waals surface area contributed by atoms with E-state index in [1.54, 1.807) is 42.5 Å². The average Bonchev–Trinajstić information content (AvgIpc) is 2.93. The number of amides is 3. The van der Waals surface area contributed by atoms with Crippen molar-refractivity contribution in [2.45, 2.75) is 25.4 Å². The van der Waals surface area contributed by atoms with Gasteiger partial charge in [0.1, 0.15) is 0 Å². The largest absolute Gasteiger partial charge is 0.339 e. The van der Waals surface area contributed by atoms with Crippen LogP contribution in [-0.4, -0.2) is 46.7 Å². The van der Waals surface area contributed by atoms with Gasteiger partial charge >= 0.3 is 0 Å². The quantitative estimate of drug-likeness (QED) is 0.846. The Morgan fingerprint density at radius 1 is 0.963 bits per heavy atom. The van der Waals surface area contributed by atoms with Crippen LogP contribution in [0.3, 0.4) is 0 Å². The Balaban J connectivity index is 1.51. The molecule has 1 fully saturated rings. The van der Waals surface area contributed by atoms with Crippen LogP contribution in [0.25, 0.3) is 0 Å². The van der Waals surface area contributed by atoms with E-state index in [0.717, 1.165) is 18.4 Å². The number of nitrogens with two attached hydrogens (primary N) is 1. The average molecular weight is 363 g/mol. The third kappa shape index (κ3) is 3.24. The zero-order chi connectivity index (χ0) is 19.0. The Hall–Kier alpha value is -2.99. The number of benzene rings is 2. The van der Waals surface area contributed by atoms with Crippen molar-refractivity contribution >= 4 is 17.7 Å². The molecule has 0 bridgehead atoms. The first-order valence-electron chi connectivity index (χ1n) is 9.13. The lowest BCUT2D eigenvalue weighted by molar-refractivity contribution is 0.0642. The molecule has 0 aromatic heterocycles. The summed E-state index contributed by atoms with van der Waals surface area (Å²) in [6.07, 6.45) is 1.61. The van der Waals surface area contributed by atoms with Crippen LogP contribution in [0, 0.1) is 0 Å². The van der Waals surface area contributed by atoms with Gasteiger partial charge in [-0.3, -0.25) is 19.3 Å². The van der Waals surface area contributed by atoms with Crippen molar-refractivity contribution in [3.8, 4) is 0 Å². The smallest absolute Gasteiger partial charge is 0.261 e. The molecule has 2 aromatic carbocycles. The van der Waals surface area contributed by atoms with Crippen LogP contribution in [0.1, 0.15) is 49.5 Å². The molecule has 0 radical (unpaired) electrons. The second kappa shape index (κ2) is 6.96. The zero-order valence-electron chi connectivity index (χ0n) is 14.9. The molecule has 0 atom stereocenters. The molecule has 4 rings (SSSR count). The van der Waals surface area contributed by atoms with Crippen LogP contribution >= 0.6 is 0 Å². The number of carbonyl (C=O) groups excluding carboxylic acids is 3. The molecule has 2 N–H and O–H groups in total. The van der Waals surface area contributed by atoms with E-state index in [2.05, 4.69) is 0 Å². The maximum absolute atomic E-state index is 12.7. The highest BCUT2D eigenvalue weighted by Crippen LogP contribution is 2.24. The summed E-state index contributed by atoms with van der Waals surface area (Å²) in [5.74, 6) is -0.624. The van der Waals surface area contributed by atoms with Gasteiger partial charge in [-0.15, -0.1) is 0 Å². The Morgan fingerprint density at radius 2 is 1.59 bits per heavy atom. The van der Waals surface area contributed by atoms with Crippen LogP contribution in [0.4, 0.5) is 0 Å². The summed E-state index contributed by atoms with van der Waals surface area (Å²) in [6, 6.07) is 14.1. The topological polar surface area (TPSA) is 83.7 Å². The number of rotatable bonds is 3. The number of hydrogen-bond donors (Lipinski definition) is 1. The lowest BCUT2D eigenvalue weighted by Gasteiger charge is -2.30. The number of likely N-dealkylation sites (tertiary alicyclic amines) is 1. The summed E-state index contributed by atoms with van der Waals surface area (Å²) in [6.45, 7) is 1.46. The highest BCUT2D eigenvalue weighted by atomic mass is 16.2. The van der Waals surface area contributed by atoms with Gasteiger partial charge < -0.3 is 10.6 Å². The first kappa shape index (κ1) is 17.4. The number of imide groups is 1. The molecule has 3 amide bonds. The van der Waals surface area contributed by atoms with Gasteiger partial charge in [-0.25, -0.2) is 0 Å². The molecule has 6 nitrogen and oxygen atoms in total. The zero-order valence-corrected chi connectivity index (χ0v) is 14.9. The monoisotopic (exact) mass is 363 g/mol. The fraction of sp³-hybridized carbons (Fsp3) is 0.286. The maximum Gasteiger partial charge on any atom is 0.261 e. The van der Waals surface area contributed by atoms with Crippen molar-refractivity contribution in [2.24, 2.45) is 5.73 Å². The van der Waals surface area contributed by atoms with Gasteiger partial charge in [-0.2, -0.15) is 0 Å². The highest BCUT2D eigenvalue weighted by molar-refractivity contribution is 6.21. The Morgan fingerprint density at radius 3 is 2.22 bits per heavy atom. The molecule has 1 saturated heterocycles. The minimum absolute atomic E-state index is 0.0360. The van der Waals surface area contributed by atoms with E-state index in [1.165, 1.54) is 4.90 Å². The van der Waals surface area contributed by atoms with Crippen molar-refractivity contribution in [3.63, 3.8) is 0 Å². The minimum Gasteiger partial charge on any atom is -0.339 e. The van der Waals surface area contributed by atoms with Gasteiger partial charge in [0.15, 0.2) is 0 Å². The molecule has 0 saturated carbocycles. The molecule has 138 valence electrons. The number of nitrogens with zero attached hydrogens (tertiary/aromatic N) is 2. The van der Waals surface area contributed by atoms with Crippen LogP contribution in [0.15, 0.2) is 48.5 Å². The van der Waals surface area contributed by atoms with Gasteiger partial charge in [0, 0.05) is 24.7 Å². The summed E-state index contributed by atoms with van der Waals surface area (Å²) in [5.41, 5.74) is 8.09. The SMILES string of the molecule is NC1CCN(C(=O)c2cccc(CN3C(=O)c4ccccc4C3=O)c2)CC1. The number of carbonyl (C=O) groups is 3. The fourth-order valence-corrected chi connectivity index (χ4v) is 3.65. The van der Waals surface area contributed by atoms with Gasteiger partial charge in [0.25, 0.3) is 17.7 Å². The second-order valence-corrected chi connectivity index (χ2v) is 7.07. The Kier molecular flexibility index (Phi) is 4.49. The van der Waals surface area contributed by atoms with E-state index in [1.807, 2.05) is 11.0 Å². The normalized spacial score (nSPS) is 17.4. The Bertz CT molecular complexity index is 881. The standard InChI is InChI=1S/C21H21N3O3/c22-16-8-10-23(11-9-16)19(25)15-5-3-4-14(12-15)13-24-20(26)17-6-1-2-7-18(17)21(24)27/h1-7,12,16H,8-11,13,22H2. The van der Waals surface area contributed by atoms with E-state index in [0.29, 0.717) is 29.8 Å². The van der Waals surface area contributed by atoms with Crippen LogP contribution in [0.2, 0.25) is 0 Å². The molecular formula is C21H21N3O3. The molecule has 6 heteroatoms. The predicted octanol–water partition coefficient (Wildman–Crippen LogP) is 2.05.